The molecular weight excluding hydrogens is 266 g/mol. The fourth-order valence-corrected chi connectivity index (χ4v) is 3.89. The van der Waals surface area contributed by atoms with Crippen LogP contribution in [-0.2, 0) is 6.54 Å². The summed E-state index contributed by atoms with van der Waals surface area (Å²) >= 11 is 0. The van der Waals surface area contributed by atoms with Gasteiger partial charge in [-0.3, -0.25) is 4.79 Å². The van der Waals surface area contributed by atoms with E-state index in [0.29, 0.717) is 34.3 Å². The maximum Gasteiger partial charge on any atom is 0.336 e. The first-order valence-corrected chi connectivity index (χ1v) is 7.44. The highest BCUT2D eigenvalue weighted by Crippen LogP contribution is 2.43. The third-order valence-corrected chi connectivity index (χ3v) is 4.91. The number of hydrogen-bond acceptors (Lipinski definition) is 3. The molecule has 108 valence electrons. The van der Waals surface area contributed by atoms with E-state index in [4.69, 9.17) is 4.42 Å². The molecule has 0 saturated heterocycles. The number of nitrogens with zero attached hydrogens (tertiary/aromatic N) is 1. The van der Waals surface area contributed by atoms with Crippen molar-refractivity contribution >= 4 is 11.0 Å². The molecule has 1 saturated carbocycles. The van der Waals surface area contributed by atoms with Crippen molar-refractivity contribution < 1.29 is 4.42 Å². The summed E-state index contributed by atoms with van der Waals surface area (Å²) < 4.78 is 6.89. The quantitative estimate of drug-likeness (QED) is 0.796. The topological polar surface area (TPSA) is 52.2 Å². The molecule has 3 unspecified atom stereocenters. The maximum atomic E-state index is 12.6. The summed E-state index contributed by atoms with van der Waals surface area (Å²) in [6.45, 7) is 2.53. The predicted molar refractivity (Wildman–Crippen MR) is 80.3 cm³/mol. The molecule has 0 N–H and O–H groups in total. The van der Waals surface area contributed by atoms with Crippen molar-refractivity contribution in [2.24, 2.45) is 17.8 Å². The lowest BCUT2D eigenvalue weighted by Gasteiger charge is -2.19. The molecule has 0 aromatic carbocycles. The normalized spacial score (nSPS) is 26.8. The summed E-state index contributed by atoms with van der Waals surface area (Å²) in [6, 6.07) is 3.11. The second-order valence-electron chi connectivity index (χ2n) is 6.30. The van der Waals surface area contributed by atoms with Crippen LogP contribution in [0.5, 0.6) is 0 Å². The van der Waals surface area contributed by atoms with Crippen LogP contribution in [0.25, 0.3) is 11.0 Å². The maximum absolute atomic E-state index is 12.6. The van der Waals surface area contributed by atoms with Gasteiger partial charge in [-0.25, -0.2) is 4.79 Å². The van der Waals surface area contributed by atoms with Crippen LogP contribution >= 0.6 is 0 Å². The number of allylic oxidation sites excluding steroid dienone is 2. The molecule has 4 rings (SSSR count). The molecule has 2 bridgehead atoms. The summed E-state index contributed by atoms with van der Waals surface area (Å²) in [7, 11) is 0. The van der Waals surface area contributed by atoms with E-state index in [9.17, 15) is 9.59 Å². The Morgan fingerprint density at radius 2 is 2.14 bits per heavy atom. The Morgan fingerprint density at radius 1 is 1.29 bits per heavy atom. The Balaban J connectivity index is 1.77. The van der Waals surface area contributed by atoms with Crippen LogP contribution in [0.1, 0.15) is 18.4 Å². The largest absolute Gasteiger partial charge is 0.422 e. The average molecular weight is 283 g/mol. The minimum atomic E-state index is -0.407. The lowest BCUT2D eigenvalue weighted by molar-refractivity contribution is 0.379. The highest BCUT2D eigenvalue weighted by molar-refractivity contribution is 5.78. The van der Waals surface area contributed by atoms with Gasteiger partial charge in [-0.1, -0.05) is 12.2 Å². The van der Waals surface area contributed by atoms with Gasteiger partial charge in [-0.15, -0.1) is 0 Å². The van der Waals surface area contributed by atoms with E-state index >= 15 is 0 Å². The summed E-state index contributed by atoms with van der Waals surface area (Å²) in [5, 5.41) is 0.524. The second-order valence-corrected chi connectivity index (χ2v) is 6.30. The van der Waals surface area contributed by atoms with Crippen molar-refractivity contribution in [3.8, 4) is 0 Å². The first-order valence-electron chi connectivity index (χ1n) is 7.44. The van der Waals surface area contributed by atoms with Crippen molar-refractivity contribution in [3.05, 3.63) is 56.8 Å². The molecule has 0 radical (unpaired) electrons. The minimum absolute atomic E-state index is 0.0551. The third-order valence-electron chi connectivity index (χ3n) is 4.91. The standard InChI is InChI=1S/C17H17NO3/c1-10-6-15(19)21-14-4-5-18(17(20)16(10)14)9-13-8-11-2-3-12(13)7-11/h2-6,11-13H,7-9H2,1H3. The van der Waals surface area contributed by atoms with Gasteiger partial charge in [0.25, 0.3) is 5.56 Å². The van der Waals surface area contributed by atoms with Crippen LogP contribution in [0, 0.1) is 24.7 Å². The van der Waals surface area contributed by atoms with E-state index in [2.05, 4.69) is 12.2 Å². The fourth-order valence-electron chi connectivity index (χ4n) is 3.89. The van der Waals surface area contributed by atoms with Crippen molar-refractivity contribution in [3.63, 3.8) is 0 Å². The molecule has 1 fully saturated rings. The summed E-state index contributed by atoms with van der Waals surface area (Å²) in [5.41, 5.74) is 0.610. The lowest BCUT2D eigenvalue weighted by Crippen LogP contribution is -2.26. The van der Waals surface area contributed by atoms with Crippen molar-refractivity contribution in [2.75, 3.05) is 0 Å². The molecule has 2 aliphatic carbocycles. The Kier molecular flexibility index (Phi) is 2.67. The minimum Gasteiger partial charge on any atom is -0.422 e. The van der Waals surface area contributed by atoms with E-state index in [1.165, 1.54) is 18.9 Å². The average Bonchev–Trinajstić information content (AvgIpc) is 3.03. The van der Waals surface area contributed by atoms with E-state index < -0.39 is 5.63 Å². The summed E-state index contributed by atoms with van der Waals surface area (Å²) in [6.07, 6.45) is 8.77. The Bertz CT molecular complexity index is 858. The third kappa shape index (κ3) is 1.97. The van der Waals surface area contributed by atoms with Gasteiger partial charge >= 0.3 is 5.63 Å². The molecule has 2 aliphatic rings. The number of aromatic nitrogens is 1. The van der Waals surface area contributed by atoms with Gasteiger partial charge < -0.3 is 8.98 Å². The number of fused-ring (bicyclic) bond motifs is 3. The zero-order valence-electron chi connectivity index (χ0n) is 11.9. The molecule has 2 aromatic rings. The van der Waals surface area contributed by atoms with E-state index in [-0.39, 0.29) is 5.56 Å². The van der Waals surface area contributed by atoms with Crippen LogP contribution in [0.15, 0.2) is 44.5 Å². The zero-order valence-corrected chi connectivity index (χ0v) is 11.9. The first kappa shape index (κ1) is 12.6. The Morgan fingerprint density at radius 3 is 2.86 bits per heavy atom. The molecule has 4 nitrogen and oxygen atoms in total. The van der Waals surface area contributed by atoms with Crippen molar-refractivity contribution in [1.29, 1.82) is 0 Å². The molecule has 3 atom stereocenters. The van der Waals surface area contributed by atoms with E-state index in [1.54, 1.807) is 23.8 Å². The monoisotopic (exact) mass is 283 g/mol. The van der Waals surface area contributed by atoms with Gasteiger partial charge in [0.15, 0.2) is 0 Å². The van der Waals surface area contributed by atoms with Crippen LogP contribution in [-0.4, -0.2) is 4.57 Å². The Labute approximate surface area is 121 Å². The van der Waals surface area contributed by atoms with Gasteiger partial charge in [0.2, 0.25) is 0 Å². The van der Waals surface area contributed by atoms with E-state index in [1.807, 2.05) is 0 Å². The first-order chi connectivity index (χ1) is 10.1. The highest BCUT2D eigenvalue weighted by Gasteiger charge is 2.35. The SMILES string of the molecule is Cc1cc(=O)oc2ccn(CC3CC4C=CC3C4)c(=O)c12. The number of hydrogen-bond donors (Lipinski definition) is 0. The molecule has 0 amide bonds. The second kappa shape index (κ2) is 4.45. The molecule has 4 heteroatoms. The summed E-state index contributed by atoms with van der Waals surface area (Å²) in [4.78, 5) is 24.0. The predicted octanol–water partition coefficient (Wildman–Crippen LogP) is 2.48. The highest BCUT2D eigenvalue weighted by atomic mass is 16.4. The fraction of sp³-hybridized carbons (Fsp3) is 0.412. The van der Waals surface area contributed by atoms with Crippen LogP contribution in [0.3, 0.4) is 0 Å². The molecule has 2 aromatic heterocycles. The van der Waals surface area contributed by atoms with Crippen LogP contribution in [0.2, 0.25) is 0 Å². The molecule has 2 heterocycles. The molecule has 0 spiro atoms. The van der Waals surface area contributed by atoms with Crippen molar-refractivity contribution in [1.82, 2.24) is 4.57 Å². The van der Waals surface area contributed by atoms with E-state index in [0.717, 1.165) is 6.54 Å². The number of pyridine rings is 1. The van der Waals surface area contributed by atoms with Crippen molar-refractivity contribution in [2.45, 2.75) is 26.3 Å². The van der Waals surface area contributed by atoms with Gasteiger partial charge in [0.1, 0.15) is 5.58 Å². The number of rotatable bonds is 2. The van der Waals surface area contributed by atoms with Gasteiger partial charge in [-0.2, -0.15) is 0 Å². The van der Waals surface area contributed by atoms with Crippen LogP contribution in [0.4, 0.5) is 0 Å². The van der Waals surface area contributed by atoms with Crippen LogP contribution < -0.4 is 11.2 Å². The zero-order chi connectivity index (χ0) is 14.6. The number of aryl methyl sites for hydroxylation is 1. The molecular formula is C17H17NO3. The Hall–Kier alpha value is -2.10. The van der Waals surface area contributed by atoms with Gasteiger partial charge in [0, 0.05) is 18.8 Å². The molecule has 0 aliphatic heterocycles. The van der Waals surface area contributed by atoms with Gasteiger partial charge in [0.05, 0.1) is 5.39 Å². The molecule has 21 heavy (non-hydrogen) atoms. The summed E-state index contributed by atoms with van der Waals surface area (Å²) in [5.74, 6) is 1.87. The lowest BCUT2D eigenvalue weighted by atomic mass is 9.93. The smallest absolute Gasteiger partial charge is 0.336 e. The van der Waals surface area contributed by atoms with Gasteiger partial charge in [-0.05, 0) is 49.1 Å².